The van der Waals surface area contributed by atoms with E-state index in [0.717, 1.165) is 9.88 Å². The van der Waals surface area contributed by atoms with Crippen molar-refractivity contribution in [2.24, 2.45) is 0 Å². The molecule has 3 aromatic rings. The maximum atomic E-state index is 9.70. The summed E-state index contributed by atoms with van der Waals surface area (Å²) < 4.78 is 0. The first-order valence-electron chi connectivity index (χ1n) is 5.24. The molecule has 0 radical (unpaired) electrons. The molecule has 0 atom stereocenters. The van der Waals surface area contributed by atoms with E-state index in [1.165, 1.54) is 28.7 Å². The summed E-state index contributed by atoms with van der Waals surface area (Å²) in [5.41, 5.74) is 0.576. The highest BCUT2D eigenvalue weighted by atomic mass is 35.5. The van der Waals surface area contributed by atoms with Crippen LogP contribution in [0.25, 0.3) is 21.5 Å². The molecule has 96 valence electrons. The van der Waals surface area contributed by atoms with Crippen LogP contribution in [0.3, 0.4) is 0 Å². The third-order valence-corrected chi connectivity index (χ3v) is 4.32. The summed E-state index contributed by atoms with van der Waals surface area (Å²) in [5, 5.41) is 13.1. The number of hydrogen-bond donors (Lipinski definition) is 1. The van der Waals surface area contributed by atoms with Crippen LogP contribution >= 0.6 is 34.3 Å². The molecule has 0 aliphatic rings. The van der Waals surface area contributed by atoms with Gasteiger partial charge in [0.25, 0.3) is 0 Å². The highest BCUT2D eigenvalue weighted by molar-refractivity contribution is 7.15. The minimum atomic E-state index is -0.112. The van der Waals surface area contributed by atoms with Crippen molar-refractivity contribution < 1.29 is 5.11 Å². The SMILES string of the molecule is Cc1cnc(-c2cc(O)nc(-c3nc(Cl)cs3)n2)s1. The summed E-state index contributed by atoms with van der Waals surface area (Å²) >= 11 is 8.61. The van der Waals surface area contributed by atoms with Gasteiger partial charge in [-0.1, -0.05) is 11.6 Å². The fraction of sp³-hybridized carbons (Fsp3) is 0.0909. The highest BCUT2D eigenvalue weighted by Crippen LogP contribution is 2.29. The number of hydrogen-bond acceptors (Lipinski definition) is 7. The molecule has 3 aromatic heterocycles. The molecule has 19 heavy (non-hydrogen) atoms. The van der Waals surface area contributed by atoms with Gasteiger partial charge in [-0.15, -0.1) is 22.7 Å². The van der Waals surface area contributed by atoms with Gasteiger partial charge in [0, 0.05) is 22.5 Å². The Kier molecular flexibility index (Phi) is 3.17. The quantitative estimate of drug-likeness (QED) is 0.785. The van der Waals surface area contributed by atoms with Gasteiger partial charge in [0.15, 0.2) is 10.8 Å². The molecular weight excluding hydrogens is 304 g/mol. The van der Waals surface area contributed by atoms with Crippen molar-refractivity contribution in [3.8, 4) is 27.4 Å². The second-order valence-electron chi connectivity index (χ2n) is 3.69. The van der Waals surface area contributed by atoms with Gasteiger partial charge in [0.05, 0.1) is 0 Å². The molecule has 1 N–H and O–H groups in total. The van der Waals surface area contributed by atoms with Crippen LogP contribution in [0, 0.1) is 6.92 Å². The predicted molar refractivity (Wildman–Crippen MR) is 75.7 cm³/mol. The molecule has 5 nitrogen and oxygen atoms in total. The lowest BCUT2D eigenvalue weighted by molar-refractivity contribution is 0.453. The molecule has 0 unspecified atom stereocenters. The van der Waals surface area contributed by atoms with Crippen LogP contribution in [0.1, 0.15) is 4.88 Å². The molecular formula is C11H7ClN4OS2. The van der Waals surface area contributed by atoms with E-state index < -0.39 is 0 Å². The van der Waals surface area contributed by atoms with Gasteiger partial charge in [0.1, 0.15) is 15.9 Å². The van der Waals surface area contributed by atoms with Gasteiger partial charge in [-0.2, -0.15) is 4.98 Å². The average molecular weight is 311 g/mol. The summed E-state index contributed by atoms with van der Waals surface area (Å²) in [6.45, 7) is 1.96. The van der Waals surface area contributed by atoms with Crippen molar-refractivity contribution in [1.82, 2.24) is 19.9 Å². The fourth-order valence-electron chi connectivity index (χ4n) is 1.47. The van der Waals surface area contributed by atoms with Crippen molar-refractivity contribution in [1.29, 1.82) is 0 Å². The molecule has 0 amide bonds. The lowest BCUT2D eigenvalue weighted by Crippen LogP contribution is -1.91. The van der Waals surface area contributed by atoms with Gasteiger partial charge in [-0.25, -0.2) is 15.0 Å². The minimum absolute atomic E-state index is 0.112. The Morgan fingerprint density at radius 2 is 2.05 bits per heavy atom. The van der Waals surface area contributed by atoms with Gasteiger partial charge in [0.2, 0.25) is 5.88 Å². The Morgan fingerprint density at radius 1 is 1.21 bits per heavy atom. The van der Waals surface area contributed by atoms with Crippen molar-refractivity contribution >= 4 is 34.3 Å². The molecule has 8 heteroatoms. The molecule has 0 saturated carbocycles. The average Bonchev–Trinajstić information content (AvgIpc) is 2.97. The van der Waals surface area contributed by atoms with Crippen molar-refractivity contribution in [2.75, 3.05) is 0 Å². The molecule has 0 aromatic carbocycles. The lowest BCUT2D eigenvalue weighted by atomic mass is 10.4. The normalized spacial score (nSPS) is 10.8. The molecule has 0 bridgehead atoms. The highest BCUT2D eigenvalue weighted by Gasteiger charge is 2.13. The number of thiazole rings is 2. The van der Waals surface area contributed by atoms with E-state index >= 15 is 0 Å². The van der Waals surface area contributed by atoms with Crippen molar-refractivity contribution in [2.45, 2.75) is 6.92 Å². The summed E-state index contributed by atoms with van der Waals surface area (Å²) in [5.74, 6) is 0.235. The van der Waals surface area contributed by atoms with E-state index in [1.807, 2.05) is 6.92 Å². The molecule has 0 spiro atoms. The van der Waals surface area contributed by atoms with E-state index in [4.69, 9.17) is 11.6 Å². The molecule has 0 aliphatic carbocycles. The van der Waals surface area contributed by atoms with Gasteiger partial charge in [-0.3, -0.25) is 0 Å². The maximum Gasteiger partial charge on any atom is 0.215 e. The lowest BCUT2D eigenvalue weighted by Gasteiger charge is -2.00. The number of halogens is 1. The molecule has 3 heterocycles. The maximum absolute atomic E-state index is 9.70. The summed E-state index contributed by atoms with van der Waals surface area (Å²) in [4.78, 5) is 17.7. The Balaban J connectivity index is 2.10. The standard InChI is InChI=1S/C11H7ClN4OS2/c1-5-3-13-10(19-5)6-2-8(17)16-9(14-6)11-15-7(12)4-18-11/h2-4H,1H3,(H,14,16,17). The van der Waals surface area contributed by atoms with Crippen molar-refractivity contribution in [3.63, 3.8) is 0 Å². The Bertz CT molecular complexity index is 681. The third-order valence-electron chi connectivity index (χ3n) is 2.22. The van der Waals surface area contributed by atoms with Crippen LogP contribution in [0.4, 0.5) is 0 Å². The second kappa shape index (κ2) is 4.84. The monoisotopic (exact) mass is 310 g/mol. The smallest absolute Gasteiger partial charge is 0.215 e. The molecule has 3 rings (SSSR count). The first kappa shape index (κ1) is 12.5. The van der Waals surface area contributed by atoms with Crippen LogP contribution in [0.2, 0.25) is 5.15 Å². The van der Waals surface area contributed by atoms with Crippen molar-refractivity contribution in [3.05, 3.63) is 27.7 Å². The zero-order valence-electron chi connectivity index (χ0n) is 9.66. The Labute approximate surface area is 121 Å². The van der Waals surface area contributed by atoms with E-state index in [-0.39, 0.29) is 5.88 Å². The fourth-order valence-corrected chi connectivity index (χ4v) is 3.07. The number of rotatable bonds is 2. The number of aromatic nitrogens is 4. The summed E-state index contributed by atoms with van der Waals surface area (Å²) in [6, 6.07) is 1.48. The zero-order chi connectivity index (χ0) is 13.4. The van der Waals surface area contributed by atoms with Crippen LogP contribution in [-0.2, 0) is 0 Å². The predicted octanol–water partition coefficient (Wildman–Crippen LogP) is 3.39. The molecule has 0 saturated heterocycles. The number of aromatic hydroxyl groups is 1. The molecule has 0 aliphatic heterocycles. The topological polar surface area (TPSA) is 71.8 Å². The minimum Gasteiger partial charge on any atom is -0.493 e. The van der Waals surface area contributed by atoms with Gasteiger partial charge in [-0.05, 0) is 6.92 Å². The summed E-state index contributed by atoms with van der Waals surface area (Å²) in [6.07, 6.45) is 1.76. The molecule has 0 fully saturated rings. The van der Waals surface area contributed by atoms with E-state index in [0.29, 0.717) is 21.7 Å². The first-order valence-corrected chi connectivity index (χ1v) is 7.31. The van der Waals surface area contributed by atoms with E-state index in [9.17, 15) is 5.11 Å². The Morgan fingerprint density at radius 3 is 2.68 bits per heavy atom. The van der Waals surface area contributed by atoms with Crippen LogP contribution in [0.15, 0.2) is 17.6 Å². The van der Waals surface area contributed by atoms with Gasteiger partial charge >= 0.3 is 0 Å². The van der Waals surface area contributed by atoms with Crippen LogP contribution in [-0.4, -0.2) is 25.0 Å². The van der Waals surface area contributed by atoms with E-state index in [2.05, 4.69) is 19.9 Å². The second-order valence-corrected chi connectivity index (χ2v) is 6.17. The van der Waals surface area contributed by atoms with E-state index in [1.54, 1.807) is 11.6 Å². The summed E-state index contributed by atoms with van der Waals surface area (Å²) in [7, 11) is 0. The Hall–Kier alpha value is -1.57. The van der Waals surface area contributed by atoms with Gasteiger partial charge < -0.3 is 5.11 Å². The zero-order valence-corrected chi connectivity index (χ0v) is 12.1. The largest absolute Gasteiger partial charge is 0.493 e. The number of nitrogens with zero attached hydrogens (tertiary/aromatic N) is 4. The van der Waals surface area contributed by atoms with Crippen LogP contribution < -0.4 is 0 Å². The first-order chi connectivity index (χ1) is 9.11. The third kappa shape index (κ3) is 2.58. The number of aryl methyl sites for hydroxylation is 1. The van der Waals surface area contributed by atoms with Crippen LogP contribution in [0.5, 0.6) is 5.88 Å².